The topological polar surface area (TPSA) is 54.7 Å². The van der Waals surface area contributed by atoms with Crippen molar-refractivity contribution in [3.8, 4) is 0 Å². The van der Waals surface area contributed by atoms with Crippen LogP contribution in [0.1, 0.15) is 51.0 Å². The third-order valence-corrected chi connectivity index (χ3v) is 7.26. The summed E-state index contributed by atoms with van der Waals surface area (Å²) in [7, 11) is 0. The maximum Gasteiger partial charge on any atom is 0.291 e. The second kappa shape index (κ2) is 8.94. The number of carbonyl (C=O) groups excluding carboxylic acids is 1. The van der Waals surface area contributed by atoms with Gasteiger partial charge in [-0.05, 0) is 61.1 Å². The number of rotatable bonds is 5. The predicted molar refractivity (Wildman–Crippen MR) is 118 cm³/mol. The predicted octanol–water partition coefficient (Wildman–Crippen LogP) is 5.03. The molecule has 1 saturated heterocycles. The number of hydrogen-bond acceptors (Lipinski definition) is 5. The van der Waals surface area contributed by atoms with Crippen LogP contribution in [0.4, 0.5) is 9.39 Å². The molecule has 0 bridgehead atoms. The van der Waals surface area contributed by atoms with Crippen LogP contribution >= 0.6 is 11.3 Å². The number of thiophene rings is 1. The standard InChI is InChI=1S/C24H25FN2O3S/c25-17-6-3-5-16(15-17)22(27-10-13-29-14-11-27)21-18-7-1-2-9-20(18)31-24(21)26-23(28)19-8-4-12-30-19/h3-6,8,12,15,22H,1-2,7,9-11,13-14H2,(H,26,28). The highest BCUT2D eigenvalue weighted by Gasteiger charge is 2.33. The minimum atomic E-state index is -0.259. The quantitative estimate of drug-likeness (QED) is 0.604. The van der Waals surface area contributed by atoms with Gasteiger partial charge in [-0.2, -0.15) is 0 Å². The molecule has 3 aromatic rings. The molecule has 1 aromatic carbocycles. The first-order chi connectivity index (χ1) is 15.2. The van der Waals surface area contributed by atoms with Crippen molar-refractivity contribution in [3.63, 3.8) is 0 Å². The van der Waals surface area contributed by atoms with E-state index >= 15 is 0 Å². The fraction of sp³-hybridized carbons (Fsp3) is 0.375. The number of nitrogens with zero attached hydrogens (tertiary/aromatic N) is 1. The number of hydrogen-bond donors (Lipinski definition) is 1. The fourth-order valence-electron chi connectivity index (χ4n) is 4.62. The summed E-state index contributed by atoms with van der Waals surface area (Å²) < 4.78 is 25.1. The number of anilines is 1. The van der Waals surface area contributed by atoms with Gasteiger partial charge >= 0.3 is 0 Å². The van der Waals surface area contributed by atoms with Crippen LogP contribution in [-0.4, -0.2) is 37.1 Å². The van der Waals surface area contributed by atoms with Crippen molar-refractivity contribution in [2.24, 2.45) is 0 Å². The van der Waals surface area contributed by atoms with Crippen molar-refractivity contribution >= 4 is 22.2 Å². The Morgan fingerprint density at radius 3 is 2.74 bits per heavy atom. The number of nitrogens with one attached hydrogen (secondary N) is 1. The van der Waals surface area contributed by atoms with Crippen molar-refractivity contribution < 1.29 is 18.3 Å². The van der Waals surface area contributed by atoms with Crippen LogP contribution < -0.4 is 5.32 Å². The summed E-state index contributed by atoms with van der Waals surface area (Å²) >= 11 is 1.65. The van der Waals surface area contributed by atoms with E-state index in [-0.39, 0.29) is 23.5 Å². The molecule has 7 heteroatoms. The van der Waals surface area contributed by atoms with E-state index in [0.717, 1.165) is 54.9 Å². The van der Waals surface area contributed by atoms with Gasteiger partial charge in [0.1, 0.15) is 10.8 Å². The minimum absolute atomic E-state index is 0.135. The molecule has 2 aromatic heterocycles. The maximum atomic E-state index is 14.2. The molecule has 1 unspecified atom stereocenters. The van der Waals surface area contributed by atoms with Crippen molar-refractivity contribution in [1.29, 1.82) is 0 Å². The zero-order chi connectivity index (χ0) is 21.2. The maximum absolute atomic E-state index is 14.2. The molecule has 162 valence electrons. The Morgan fingerprint density at radius 1 is 1.13 bits per heavy atom. The van der Waals surface area contributed by atoms with Gasteiger partial charge in [-0.1, -0.05) is 12.1 Å². The van der Waals surface area contributed by atoms with E-state index in [1.165, 1.54) is 22.8 Å². The zero-order valence-corrected chi connectivity index (χ0v) is 18.1. The lowest BCUT2D eigenvalue weighted by Crippen LogP contribution is -2.40. The van der Waals surface area contributed by atoms with Crippen LogP contribution in [0, 0.1) is 5.82 Å². The Bertz CT molecular complexity index is 1060. The Balaban J connectivity index is 1.62. The average molecular weight is 441 g/mol. The molecule has 1 N–H and O–H groups in total. The van der Waals surface area contributed by atoms with E-state index in [1.807, 2.05) is 6.07 Å². The smallest absolute Gasteiger partial charge is 0.291 e. The fourth-order valence-corrected chi connectivity index (χ4v) is 5.93. The molecular formula is C24H25FN2O3S. The van der Waals surface area contributed by atoms with Gasteiger partial charge in [0.05, 0.1) is 25.5 Å². The van der Waals surface area contributed by atoms with E-state index in [9.17, 15) is 9.18 Å². The van der Waals surface area contributed by atoms with Crippen LogP contribution in [-0.2, 0) is 17.6 Å². The molecule has 0 radical (unpaired) electrons. The normalized spacial score (nSPS) is 17.8. The lowest BCUT2D eigenvalue weighted by Gasteiger charge is -2.36. The number of benzene rings is 1. The molecule has 1 amide bonds. The van der Waals surface area contributed by atoms with E-state index in [1.54, 1.807) is 35.6 Å². The number of fused-ring (bicyclic) bond motifs is 1. The third-order valence-electron chi connectivity index (χ3n) is 6.03. The van der Waals surface area contributed by atoms with Crippen LogP contribution in [0.25, 0.3) is 0 Å². The average Bonchev–Trinajstić information content (AvgIpc) is 3.44. The van der Waals surface area contributed by atoms with E-state index in [2.05, 4.69) is 10.2 Å². The monoisotopic (exact) mass is 440 g/mol. The largest absolute Gasteiger partial charge is 0.459 e. The highest BCUT2D eigenvalue weighted by Crippen LogP contribution is 2.45. The molecule has 0 spiro atoms. The summed E-state index contributed by atoms with van der Waals surface area (Å²) in [5.74, 6) is -0.225. The molecule has 2 aliphatic rings. The number of furan rings is 1. The first-order valence-electron chi connectivity index (χ1n) is 10.8. The number of amides is 1. The number of carbonyl (C=O) groups is 1. The van der Waals surface area contributed by atoms with Crippen LogP contribution in [0.2, 0.25) is 0 Å². The van der Waals surface area contributed by atoms with E-state index in [0.29, 0.717) is 13.2 Å². The molecule has 3 heterocycles. The highest BCUT2D eigenvalue weighted by molar-refractivity contribution is 7.16. The van der Waals surface area contributed by atoms with Crippen molar-refractivity contribution in [2.45, 2.75) is 31.7 Å². The molecule has 1 atom stereocenters. The first-order valence-corrected chi connectivity index (χ1v) is 11.6. The number of morpholine rings is 1. The Labute approximate surface area is 184 Å². The lowest BCUT2D eigenvalue weighted by molar-refractivity contribution is 0.0239. The van der Waals surface area contributed by atoms with Gasteiger partial charge in [-0.15, -0.1) is 11.3 Å². The first kappa shape index (κ1) is 20.4. The summed E-state index contributed by atoms with van der Waals surface area (Å²) in [5, 5.41) is 3.95. The number of halogens is 1. The van der Waals surface area contributed by atoms with Crippen molar-refractivity contribution in [1.82, 2.24) is 4.90 Å². The van der Waals surface area contributed by atoms with Crippen LogP contribution in [0.5, 0.6) is 0 Å². The van der Waals surface area contributed by atoms with Gasteiger partial charge in [0.15, 0.2) is 5.76 Å². The Kier molecular flexibility index (Phi) is 5.89. The molecule has 5 nitrogen and oxygen atoms in total. The Hall–Kier alpha value is -2.48. The summed E-state index contributed by atoms with van der Waals surface area (Å²) in [5.41, 5.74) is 3.32. The summed E-state index contributed by atoms with van der Waals surface area (Å²) in [4.78, 5) is 16.5. The minimum Gasteiger partial charge on any atom is -0.459 e. The van der Waals surface area contributed by atoms with Gasteiger partial charge in [0, 0.05) is 23.5 Å². The molecule has 1 aliphatic carbocycles. The molecule has 31 heavy (non-hydrogen) atoms. The third kappa shape index (κ3) is 4.18. The van der Waals surface area contributed by atoms with Crippen molar-refractivity contribution in [2.75, 3.05) is 31.6 Å². The molecule has 1 aliphatic heterocycles. The summed E-state index contributed by atoms with van der Waals surface area (Å²) in [6.45, 7) is 2.81. The zero-order valence-electron chi connectivity index (χ0n) is 17.2. The molecule has 5 rings (SSSR count). The molecular weight excluding hydrogens is 415 g/mol. The van der Waals surface area contributed by atoms with Crippen molar-refractivity contribution in [3.05, 3.63) is 75.8 Å². The highest BCUT2D eigenvalue weighted by atomic mass is 32.1. The SMILES string of the molecule is O=C(Nc1sc2c(c1C(c1cccc(F)c1)N1CCOCC1)CCCC2)c1ccco1. The lowest BCUT2D eigenvalue weighted by atomic mass is 9.88. The summed E-state index contributed by atoms with van der Waals surface area (Å²) in [6, 6.07) is 10.1. The Morgan fingerprint density at radius 2 is 1.97 bits per heavy atom. The molecule has 1 fully saturated rings. The van der Waals surface area contributed by atoms with E-state index < -0.39 is 0 Å². The van der Waals surface area contributed by atoms with Gasteiger partial charge < -0.3 is 14.5 Å². The van der Waals surface area contributed by atoms with Gasteiger partial charge in [-0.25, -0.2) is 4.39 Å². The number of aryl methyl sites for hydroxylation is 1. The molecule has 0 saturated carbocycles. The second-order valence-corrected chi connectivity index (χ2v) is 9.10. The van der Waals surface area contributed by atoms with E-state index in [4.69, 9.17) is 9.15 Å². The van der Waals surface area contributed by atoms with Gasteiger partial charge in [0.2, 0.25) is 0 Å². The van der Waals surface area contributed by atoms with Gasteiger partial charge in [0.25, 0.3) is 5.91 Å². The second-order valence-electron chi connectivity index (χ2n) is 7.99. The van der Waals surface area contributed by atoms with Crippen LogP contribution in [0.3, 0.4) is 0 Å². The van der Waals surface area contributed by atoms with Gasteiger partial charge in [-0.3, -0.25) is 9.69 Å². The number of ether oxygens (including phenoxy) is 1. The summed E-state index contributed by atoms with van der Waals surface area (Å²) in [6.07, 6.45) is 5.77. The van der Waals surface area contributed by atoms with Crippen LogP contribution in [0.15, 0.2) is 47.1 Å².